The van der Waals surface area contributed by atoms with E-state index in [-0.39, 0.29) is 0 Å². The molecule has 2 aromatic heterocycles. The van der Waals surface area contributed by atoms with E-state index >= 15 is 0 Å². The van der Waals surface area contributed by atoms with Crippen LogP contribution >= 0.6 is 11.3 Å². The van der Waals surface area contributed by atoms with Gasteiger partial charge in [-0.15, -0.1) is 11.3 Å². The van der Waals surface area contributed by atoms with Crippen LogP contribution in [-0.4, -0.2) is 52.2 Å². The third kappa shape index (κ3) is 3.99. The first-order valence-electron chi connectivity index (χ1n) is 9.04. The zero-order chi connectivity index (χ0) is 17.2. The molecule has 0 amide bonds. The molecular weight excluding hydrogens is 334 g/mol. The van der Waals surface area contributed by atoms with Crippen LogP contribution in [0.4, 0.5) is 10.9 Å². The second-order valence-electron chi connectivity index (χ2n) is 7.00. The molecule has 7 heteroatoms. The summed E-state index contributed by atoms with van der Waals surface area (Å²) in [6.07, 6.45) is 3.44. The molecule has 0 aliphatic carbocycles. The van der Waals surface area contributed by atoms with Crippen molar-refractivity contribution in [1.82, 2.24) is 19.9 Å². The van der Waals surface area contributed by atoms with Crippen LogP contribution in [0.5, 0.6) is 0 Å². The van der Waals surface area contributed by atoms with E-state index < -0.39 is 0 Å². The zero-order valence-corrected chi connectivity index (χ0v) is 15.7. The molecule has 0 aromatic carbocycles. The summed E-state index contributed by atoms with van der Waals surface area (Å²) < 4.78 is 5.50. The van der Waals surface area contributed by atoms with E-state index in [9.17, 15) is 0 Å². The third-order valence-electron chi connectivity index (χ3n) is 5.02. The molecule has 1 N–H and O–H groups in total. The van der Waals surface area contributed by atoms with Gasteiger partial charge in [-0.3, -0.25) is 4.90 Å². The fourth-order valence-corrected chi connectivity index (χ4v) is 4.43. The Balaban J connectivity index is 1.46. The molecule has 134 valence electrons. The fraction of sp³-hybridized carbons (Fsp3) is 0.611. The van der Waals surface area contributed by atoms with E-state index in [2.05, 4.69) is 15.2 Å². The maximum absolute atomic E-state index is 5.50. The fourth-order valence-electron chi connectivity index (χ4n) is 3.74. The zero-order valence-electron chi connectivity index (χ0n) is 14.9. The van der Waals surface area contributed by atoms with Crippen LogP contribution < -0.4 is 5.32 Å². The van der Waals surface area contributed by atoms with Crippen molar-refractivity contribution in [3.05, 3.63) is 28.7 Å². The first-order chi connectivity index (χ1) is 12.2. The maximum atomic E-state index is 5.50. The number of aromatic nitrogens is 3. The smallest absolute Gasteiger partial charge is 0.188 e. The number of nitrogens with zero attached hydrogens (tertiary/aromatic N) is 4. The Morgan fingerprint density at radius 3 is 2.72 bits per heavy atom. The van der Waals surface area contributed by atoms with E-state index in [0.717, 1.165) is 73.7 Å². The van der Waals surface area contributed by atoms with Crippen molar-refractivity contribution in [2.75, 3.05) is 31.6 Å². The van der Waals surface area contributed by atoms with E-state index in [1.165, 1.54) is 0 Å². The molecular formula is C18H25N5OS. The van der Waals surface area contributed by atoms with Gasteiger partial charge in [0, 0.05) is 48.9 Å². The average molecular weight is 359 g/mol. The predicted molar refractivity (Wildman–Crippen MR) is 99.7 cm³/mol. The summed E-state index contributed by atoms with van der Waals surface area (Å²) in [5, 5.41) is 6.26. The van der Waals surface area contributed by atoms with Crippen molar-refractivity contribution < 1.29 is 4.74 Å². The molecule has 4 heterocycles. The second kappa shape index (κ2) is 7.35. The quantitative estimate of drug-likeness (QED) is 0.904. The Morgan fingerprint density at radius 1 is 1.12 bits per heavy atom. The second-order valence-corrected chi connectivity index (χ2v) is 7.85. The van der Waals surface area contributed by atoms with E-state index in [0.29, 0.717) is 12.0 Å². The van der Waals surface area contributed by atoms with Gasteiger partial charge in [-0.2, -0.15) is 0 Å². The van der Waals surface area contributed by atoms with Crippen molar-refractivity contribution in [3.8, 4) is 0 Å². The number of hydrogen-bond donors (Lipinski definition) is 1. The molecule has 2 aromatic rings. The van der Waals surface area contributed by atoms with E-state index in [4.69, 9.17) is 14.7 Å². The number of hydrogen-bond acceptors (Lipinski definition) is 7. The van der Waals surface area contributed by atoms with Gasteiger partial charge in [-0.1, -0.05) is 0 Å². The van der Waals surface area contributed by atoms with Gasteiger partial charge in [0.25, 0.3) is 0 Å². The van der Waals surface area contributed by atoms with Gasteiger partial charge in [0.1, 0.15) is 11.6 Å². The van der Waals surface area contributed by atoms with Crippen LogP contribution in [0, 0.1) is 13.8 Å². The molecule has 1 atom stereocenters. The largest absolute Gasteiger partial charge is 0.381 e. The molecule has 25 heavy (non-hydrogen) atoms. The summed E-state index contributed by atoms with van der Waals surface area (Å²) in [5.41, 5.74) is 2.03. The number of thiazole rings is 1. The van der Waals surface area contributed by atoms with Crippen molar-refractivity contribution >= 4 is 22.3 Å². The van der Waals surface area contributed by atoms with Crippen LogP contribution in [0.2, 0.25) is 0 Å². The maximum Gasteiger partial charge on any atom is 0.188 e. The Labute approximate surface area is 152 Å². The van der Waals surface area contributed by atoms with Gasteiger partial charge in [-0.25, -0.2) is 15.0 Å². The van der Waals surface area contributed by atoms with Gasteiger partial charge in [0.2, 0.25) is 0 Å². The van der Waals surface area contributed by atoms with Gasteiger partial charge >= 0.3 is 0 Å². The molecule has 4 rings (SSSR count). The molecule has 2 aliphatic rings. The van der Waals surface area contributed by atoms with Gasteiger partial charge < -0.3 is 10.1 Å². The van der Waals surface area contributed by atoms with Crippen molar-refractivity contribution in [3.63, 3.8) is 0 Å². The lowest BCUT2D eigenvalue weighted by atomic mass is 10.1. The Bertz CT molecular complexity index is 728. The number of nitrogens with one attached hydrogen (secondary N) is 1. The minimum absolute atomic E-state index is 0.418. The molecule has 0 radical (unpaired) electrons. The standard InChI is InChI=1S/C18H25N5OS/c1-12-9-16(22-18-20-13(2)11-25-18)21-17(19-12)14-3-6-23(10-14)15-4-7-24-8-5-15/h9,11,14-15H,3-8,10H2,1-2H3,(H,19,20,21,22)/t14-/m0/s1. The molecule has 2 aliphatic heterocycles. The number of ether oxygens (including phenoxy) is 1. The van der Waals surface area contributed by atoms with E-state index in [1.54, 1.807) is 11.3 Å². The topological polar surface area (TPSA) is 63.2 Å². The number of aryl methyl sites for hydroxylation is 2. The lowest BCUT2D eigenvalue weighted by Crippen LogP contribution is -2.37. The predicted octanol–water partition coefficient (Wildman–Crippen LogP) is 3.26. The monoisotopic (exact) mass is 359 g/mol. The highest BCUT2D eigenvalue weighted by Crippen LogP contribution is 2.30. The summed E-state index contributed by atoms with van der Waals surface area (Å²) in [4.78, 5) is 16.6. The van der Waals surface area contributed by atoms with Crippen molar-refractivity contribution in [1.29, 1.82) is 0 Å². The number of anilines is 2. The van der Waals surface area contributed by atoms with Crippen LogP contribution in [0.25, 0.3) is 0 Å². The molecule has 2 fully saturated rings. The molecule has 6 nitrogen and oxygen atoms in total. The van der Waals surface area contributed by atoms with Crippen molar-refractivity contribution in [2.45, 2.75) is 45.1 Å². The Hall–Kier alpha value is -1.57. The molecule has 2 saturated heterocycles. The average Bonchev–Trinajstić information content (AvgIpc) is 3.24. The summed E-state index contributed by atoms with van der Waals surface area (Å²) >= 11 is 1.60. The Morgan fingerprint density at radius 2 is 1.96 bits per heavy atom. The highest BCUT2D eigenvalue weighted by molar-refractivity contribution is 7.13. The SMILES string of the molecule is Cc1cc(Nc2nc(C)cs2)nc([C@H]2CCN(C3CCOCC3)C2)n1. The molecule has 0 saturated carbocycles. The summed E-state index contributed by atoms with van der Waals surface area (Å²) in [6, 6.07) is 2.66. The van der Waals surface area contributed by atoms with Crippen LogP contribution in [0.3, 0.4) is 0 Å². The van der Waals surface area contributed by atoms with Gasteiger partial charge in [-0.05, 0) is 39.7 Å². The summed E-state index contributed by atoms with van der Waals surface area (Å²) in [7, 11) is 0. The Kier molecular flexibility index (Phi) is 4.96. The lowest BCUT2D eigenvalue weighted by Gasteiger charge is -2.30. The van der Waals surface area contributed by atoms with Gasteiger partial charge in [0.15, 0.2) is 5.13 Å². The minimum atomic E-state index is 0.418. The third-order valence-corrected chi connectivity index (χ3v) is 5.89. The van der Waals surface area contributed by atoms with Crippen molar-refractivity contribution in [2.24, 2.45) is 0 Å². The van der Waals surface area contributed by atoms with Gasteiger partial charge in [0.05, 0.1) is 5.69 Å². The number of rotatable bonds is 4. The van der Waals surface area contributed by atoms with Crippen LogP contribution in [0.15, 0.2) is 11.4 Å². The highest BCUT2D eigenvalue weighted by atomic mass is 32.1. The summed E-state index contributed by atoms with van der Waals surface area (Å²) in [6.45, 7) is 8.03. The molecule has 0 unspecified atom stereocenters. The normalized spacial score (nSPS) is 22.4. The van der Waals surface area contributed by atoms with E-state index in [1.807, 2.05) is 25.3 Å². The molecule has 0 bridgehead atoms. The minimum Gasteiger partial charge on any atom is -0.381 e. The first kappa shape index (κ1) is 16.9. The van der Waals surface area contributed by atoms with Crippen LogP contribution in [-0.2, 0) is 4.74 Å². The highest BCUT2D eigenvalue weighted by Gasteiger charge is 2.31. The lowest BCUT2D eigenvalue weighted by molar-refractivity contribution is 0.0419. The number of likely N-dealkylation sites (tertiary alicyclic amines) is 1. The molecule has 0 spiro atoms. The summed E-state index contributed by atoms with van der Waals surface area (Å²) in [5.74, 6) is 2.23. The van der Waals surface area contributed by atoms with Crippen LogP contribution in [0.1, 0.15) is 42.4 Å². The first-order valence-corrected chi connectivity index (χ1v) is 9.92.